The van der Waals surface area contributed by atoms with Crippen LogP contribution in [-0.4, -0.2) is 10.9 Å². The number of benzene rings is 2. The van der Waals surface area contributed by atoms with Gasteiger partial charge in [0.05, 0.1) is 6.04 Å². The number of carbonyl (C=O) groups excluding carboxylic acids is 1. The maximum Gasteiger partial charge on any atom is 0.268 e. The summed E-state index contributed by atoms with van der Waals surface area (Å²) >= 11 is 6.17. The van der Waals surface area contributed by atoms with Crippen molar-refractivity contribution in [3.05, 3.63) is 70.4 Å². The van der Waals surface area contributed by atoms with Gasteiger partial charge in [-0.25, -0.2) is 0 Å². The van der Waals surface area contributed by atoms with Gasteiger partial charge in [-0.15, -0.1) is 0 Å². The van der Waals surface area contributed by atoms with Crippen molar-refractivity contribution in [3.63, 3.8) is 0 Å². The van der Waals surface area contributed by atoms with E-state index in [1.807, 2.05) is 62.4 Å². The van der Waals surface area contributed by atoms with Crippen molar-refractivity contribution in [2.24, 2.45) is 0 Å². The summed E-state index contributed by atoms with van der Waals surface area (Å²) in [6, 6.07) is 15.2. The van der Waals surface area contributed by atoms with E-state index in [9.17, 15) is 4.79 Å². The van der Waals surface area contributed by atoms with Crippen LogP contribution in [0.2, 0.25) is 5.02 Å². The van der Waals surface area contributed by atoms with Gasteiger partial charge in [0.2, 0.25) is 0 Å². The van der Waals surface area contributed by atoms with Gasteiger partial charge < -0.3 is 10.3 Å². The Morgan fingerprint density at radius 2 is 1.95 bits per heavy atom. The third-order valence-corrected chi connectivity index (χ3v) is 4.17. The molecule has 0 fully saturated rings. The number of aromatic amines is 1. The Morgan fingerprint density at radius 1 is 1.18 bits per heavy atom. The molecule has 1 heterocycles. The molecule has 0 spiro atoms. The van der Waals surface area contributed by atoms with Gasteiger partial charge in [0.15, 0.2) is 0 Å². The molecular weight excluding hydrogens is 296 g/mol. The standard InChI is InChI=1S/C18H17ClN2O/c1-11-6-5-7-13-10-16(21-17(11)13)18(22)20-12(2)14-8-3-4-9-15(14)19/h3-10,12,21H,1-2H3,(H,20,22)/t12-/m0/s1. The van der Waals surface area contributed by atoms with Crippen LogP contribution in [0.3, 0.4) is 0 Å². The van der Waals surface area contributed by atoms with Crippen LogP contribution >= 0.6 is 11.6 Å². The van der Waals surface area contributed by atoms with E-state index in [1.54, 1.807) is 0 Å². The molecule has 3 aromatic rings. The number of nitrogens with one attached hydrogen (secondary N) is 2. The first-order chi connectivity index (χ1) is 10.6. The number of hydrogen-bond acceptors (Lipinski definition) is 1. The van der Waals surface area contributed by atoms with Crippen molar-refractivity contribution in [1.29, 1.82) is 0 Å². The maximum atomic E-state index is 12.4. The Morgan fingerprint density at radius 3 is 2.68 bits per heavy atom. The van der Waals surface area contributed by atoms with Crippen LogP contribution in [0.4, 0.5) is 0 Å². The first-order valence-electron chi connectivity index (χ1n) is 7.20. The highest BCUT2D eigenvalue weighted by molar-refractivity contribution is 6.31. The number of halogens is 1. The fraction of sp³-hybridized carbons (Fsp3) is 0.167. The molecular formula is C18H17ClN2O. The summed E-state index contributed by atoms with van der Waals surface area (Å²) in [5.74, 6) is -0.136. The molecule has 2 aromatic carbocycles. The van der Waals surface area contributed by atoms with Crippen molar-refractivity contribution in [2.75, 3.05) is 0 Å². The van der Waals surface area contributed by atoms with Gasteiger partial charge in [-0.1, -0.05) is 48.0 Å². The lowest BCUT2D eigenvalue weighted by Gasteiger charge is -2.15. The van der Waals surface area contributed by atoms with Crippen LogP contribution in [0.25, 0.3) is 10.9 Å². The molecule has 3 rings (SSSR count). The zero-order valence-electron chi connectivity index (χ0n) is 12.5. The van der Waals surface area contributed by atoms with Crippen LogP contribution in [0.1, 0.15) is 34.6 Å². The van der Waals surface area contributed by atoms with Crippen molar-refractivity contribution >= 4 is 28.4 Å². The van der Waals surface area contributed by atoms with Gasteiger partial charge in [-0.3, -0.25) is 4.79 Å². The molecule has 0 saturated heterocycles. The lowest BCUT2D eigenvalue weighted by atomic mass is 10.1. The van der Waals surface area contributed by atoms with Crippen LogP contribution in [0, 0.1) is 6.92 Å². The zero-order chi connectivity index (χ0) is 15.7. The predicted molar refractivity (Wildman–Crippen MR) is 90.4 cm³/mol. The van der Waals surface area contributed by atoms with E-state index in [4.69, 9.17) is 11.6 Å². The first-order valence-corrected chi connectivity index (χ1v) is 7.57. The summed E-state index contributed by atoms with van der Waals surface area (Å²) in [4.78, 5) is 15.6. The van der Waals surface area contributed by atoms with Crippen molar-refractivity contribution in [2.45, 2.75) is 19.9 Å². The van der Waals surface area contributed by atoms with E-state index in [0.717, 1.165) is 22.0 Å². The predicted octanol–water partition coefficient (Wildman–Crippen LogP) is 4.62. The number of fused-ring (bicyclic) bond motifs is 1. The summed E-state index contributed by atoms with van der Waals surface area (Å²) in [5.41, 5.74) is 3.58. The normalized spacial score (nSPS) is 12.3. The number of aromatic nitrogens is 1. The lowest BCUT2D eigenvalue weighted by molar-refractivity contribution is 0.0935. The summed E-state index contributed by atoms with van der Waals surface area (Å²) in [7, 11) is 0. The van der Waals surface area contributed by atoms with Gasteiger partial charge in [0.1, 0.15) is 5.69 Å². The Balaban J connectivity index is 1.84. The molecule has 0 bridgehead atoms. The molecule has 0 aliphatic heterocycles. The molecule has 1 atom stereocenters. The lowest BCUT2D eigenvalue weighted by Crippen LogP contribution is -2.27. The van der Waals surface area contributed by atoms with Crippen molar-refractivity contribution in [3.8, 4) is 0 Å². The molecule has 1 amide bonds. The number of amides is 1. The molecule has 0 saturated carbocycles. The third kappa shape index (κ3) is 2.72. The van der Waals surface area contributed by atoms with Crippen molar-refractivity contribution in [1.82, 2.24) is 10.3 Å². The number of H-pyrrole nitrogens is 1. The summed E-state index contributed by atoms with van der Waals surface area (Å²) in [6.45, 7) is 3.94. The van der Waals surface area contributed by atoms with Crippen LogP contribution in [0.15, 0.2) is 48.5 Å². The van der Waals surface area contributed by atoms with Gasteiger partial charge in [0, 0.05) is 15.9 Å². The summed E-state index contributed by atoms with van der Waals surface area (Å²) < 4.78 is 0. The Labute approximate surface area is 134 Å². The van der Waals surface area contributed by atoms with Crippen LogP contribution in [0.5, 0.6) is 0 Å². The van der Waals surface area contributed by atoms with E-state index in [-0.39, 0.29) is 11.9 Å². The molecule has 0 unspecified atom stereocenters. The molecule has 0 aliphatic carbocycles. The molecule has 3 nitrogen and oxygen atoms in total. The average molecular weight is 313 g/mol. The number of carbonyl (C=O) groups is 1. The number of rotatable bonds is 3. The van der Waals surface area contributed by atoms with Crippen molar-refractivity contribution < 1.29 is 4.79 Å². The Bertz CT molecular complexity index is 838. The second kappa shape index (κ2) is 5.85. The largest absolute Gasteiger partial charge is 0.350 e. The van der Waals surface area contributed by atoms with Gasteiger partial charge in [0.25, 0.3) is 5.91 Å². The quantitative estimate of drug-likeness (QED) is 0.728. The SMILES string of the molecule is Cc1cccc2cc(C(=O)N[C@@H](C)c3ccccc3Cl)[nH]c12. The maximum absolute atomic E-state index is 12.4. The highest BCUT2D eigenvalue weighted by Gasteiger charge is 2.15. The molecule has 4 heteroatoms. The second-order valence-electron chi connectivity index (χ2n) is 5.44. The fourth-order valence-corrected chi connectivity index (χ4v) is 2.91. The highest BCUT2D eigenvalue weighted by Crippen LogP contribution is 2.23. The fourth-order valence-electron chi connectivity index (χ4n) is 2.61. The zero-order valence-corrected chi connectivity index (χ0v) is 13.2. The highest BCUT2D eigenvalue weighted by atomic mass is 35.5. The molecule has 0 radical (unpaired) electrons. The Kier molecular flexibility index (Phi) is 3.90. The van der Waals surface area contributed by atoms with E-state index < -0.39 is 0 Å². The minimum Gasteiger partial charge on any atom is -0.350 e. The van der Waals surface area contributed by atoms with Crippen LogP contribution < -0.4 is 5.32 Å². The molecule has 22 heavy (non-hydrogen) atoms. The van der Waals surface area contributed by atoms with E-state index in [2.05, 4.69) is 10.3 Å². The topological polar surface area (TPSA) is 44.9 Å². The van der Waals surface area contributed by atoms with Gasteiger partial charge in [-0.2, -0.15) is 0 Å². The van der Waals surface area contributed by atoms with E-state index >= 15 is 0 Å². The molecule has 112 valence electrons. The molecule has 0 aliphatic rings. The number of aryl methyl sites for hydroxylation is 1. The minimum absolute atomic E-state index is 0.136. The third-order valence-electron chi connectivity index (χ3n) is 3.83. The van der Waals surface area contributed by atoms with Gasteiger partial charge in [-0.05, 0) is 37.1 Å². The molecule has 1 aromatic heterocycles. The second-order valence-corrected chi connectivity index (χ2v) is 5.85. The molecule has 2 N–H and O–H groups in total. The van der Waals surface area contributed by atoms with E-state index in [1.165, 1.54) is 0 Å². The first kappa shape index (κ1) is 14.7. The van der Waals surface area contributed by atoms with Gasteiger partial charge >= 0.3 is 0 Å². The summed E-state index contributed by atoms with van der Waals surface area (Å²) in [5, 5.41) is 4.67. The van der Waals surface area contributed by atoms with Crippen LogP contribution in [-0.2, 0) is 0 Å². The minimum atomic E-state index is -0.159. The average Bonchev–Trinajstić information content (AvgIpc) is 2.93. The summed E-state index contributed by atoms with van der Waals surface area (Å²) in [6.07, 6.45) is 0. The number of hydrogen-bond donors (Lipinski definition) is 2. The Hall–Kier alpha value is -2.26. The number of para-hydroxylation sites is 1. The smallest absolute Gasteiger partial charge is 0.268 e. The van der Waals surface area contributed by atoms with E-state index in [0.29, 0.717) is 10.7 Å². The monoisotopic (exact) mass is 312 g/mol.